The summed E-state index contributed by atoms with van der Waals surface area (Å²) in [6, 6.07) is 0.553. The largest absolute Gasteiger partial charge is 0.439 e. The number of aromatic nitrogens is 6. The molecule has 1 aliphatic heterocycles. The van der Waals surface area contributed by atoms with Gasteiger partial charge in [0, 0.05) is 25.7 Å². The van der Waals surface area contributed by atoms with E-state index in [0.29, 0.717) is 36.5 Å². The van der Waals surface area contributed by atoms with Crippen LogP contribution in [0.25, 0.3) is 22.8 Å². The lowest BCUT2D eigenvalue weighted by Crippen LogP contribution is -2.36. The topological polar surface area (TPSA) is 127 Å². The fourth-order valence-corrected chi connectivity index (χ4v) is 6.52. The number of rotatable bonds is 10. The summed E-state index contributed by atoms with van der Waals surface area (Å²) in [6.07, 6.45) is 10.9. The van der Waals surface area contributed by atoms with E-state index in [-0.39, 0.29) is 17.9 Å². The van der Waals surface area contributed by atoms with Crippen molar-refractivity contribution in [2.45, 2.75) is 97.2 Å². The van der Waals surface area contributed by atoms with Crippen molar-refractivity contribution in [3.05, 3.63) is 10.6 Å². The van der Waals surface area contributed by atoms with Crippen molar-refractivity contribution in [1.82, 2.24) is 29.7 Å². The molecule has 6 rings (SSSR count). The smallest absolute Gasteiger partial charge is 0.380 e. The van der Waals surface area contributed by atoms with Gasteiger partial charge >= 0.3 is 5.76 Å². The second-order valence-electron chi connectivity index (χ2n) is 11.9. The van der Waals surface area contributed by atoms with E-state index < -0.39 is 5.76 Å². The van der Waals surface area contributed by atoms with E-state index in [4.69, 9.17) is 24.2 Å². The second-order valence-corrected chi connectivity index (χ2v) is 11.9. The van der Waals surface area contributed by atoms with Gasteiger partial charge in [-0.25, -0.2) is 14.8 Å². The van der Waals surface area contributed by atoms with E-state index in [1.54, 1.807) is 0 Å². The molecule has 0 bridgehead atoms. The molecular formula is C28H42N8O3. The Balaban J connectivity index is 1.46. The first-order chi connectivity index (χ1) is 19.0. The van der Waals surface area contributed by atoms with Crippen LogP contribution in [0.2, 0.25) is 0 Å². The lowest BCUT2D eigenvalue weighted by molar-refractivity contribution is 0.133. The quantitative estimate of drug-likeness (QED) is 0.381. The zero-order valence-electron chi connectivity index (χ0n) is 23.5. The standard InChI is InChI=1S/C28H42N8O3/c1-4-38-16-21-9-6-14-35(21)27-32-24-22(36(27)15-19-12-10-17(2)11-13-19)23(29-18(3)20-7-5-8-20)30-25(31-24)26-33-28(37)39-34-26/h17-21H,4-16H2,1-3H3,(H,29,30,31)(H,33,34,37)/t17?,18-,19?,21?/m1/s1. The number of nitrogens with zero attached hydrogens (tertiary/aromatic N) is 6. The van der Waals surface area contributed by atoms with Crippen molar-refractivity contribution in [2.24, 2.45) is 17.8 Å². The van der Waals surface area contributed by atoms with Crippen LogP contribution in [0.15, 0.2) is 9.32 Å². The molecule has 11 heteroatoms. The molecule has 3 aromatic heterocycles. The van der Waals surface area contributed by atoms with Crippen molar-refractivity contribution >= 4 is 22.9 Å². The van der Waals surface area contributed by atoms with Gasteiger partial charge in [0.25, 0.3) is 0 Å². The molecule has 0 aromatic carbocycles. The first-order valence-corrected chi connectivity index (χ1v) is 15.0. The highest BCUT2D eigenvalue weighted by Crippen LogP contribution is 2.37. The van der Waals surface area contributed by atoms with Gasteiger partial charge in [0.1, 0.15) is 5.52 Å². The molecule has 2 N–H and O–H groups in total. The Bertz CT molecular complexity index is 1320. The highest BCUT2D eigenvalue weighted by Gasteiger charge is 2.33. The molecule has 4 heterocycles. The Hall–Kier alpha value is -2.95. The molecule has 3 aliphatic rings. The van der Waals surface area contributed by atoms with E-state index >= 15 is 0 Å². The van der Waals surface area contributed by atoms with Crippen LogP contribution in [0.5, 0.6) is 0 Å². The number of hydrogen-bond donors (Lipinski definition) is 2. The molecule has 1 unspecified atom stereocenters. The molecule has 39 heavy (non-hydrogen) atoms. The van der Waals surface area contributed by atoms with Crippen LogP contribution in [0.4, 0.5) is 11.8 Å². The normalized spacial score (nSPS) is 24.8. The maximum absolute atomic E-state index is 11.7. The van der Waals surface area contributed by atoms with E-state index in [9.17, 15) is 4.79 Å². The Morgan fingerprint density at radius 2 is 1.92 bits per heavy atom. The van der Waals surface area contributed by atoms with Gasteiger partial charge in [-0.3, -0.25) is 9.51 Å². The SMILES string of the molecule is CCOCC1CCCN1c1nc2nc(-c3noc(=O)[nH]3)nc(N[C@H](C)C3CCC3)c2n1CC1CCC(C)CC1. The average Bonchev–Trinajstić information content (AvgIpc) is 3.61. The minimum Gasteiger partial charge on any atom is -0.380 e. The molecule has 2 atom stereocenters. The van der Waals surface area contributed by atoms with Gasteiger partial charge in [-0.1, -0.05) is 31.3 Å². The van der Waals surface area contributed by atoms with Crippen molar-refractivity contribution in [1.29, 1.82) is 0 Å². The van der Waals surface area contributed by atoms with Crippen LogP contribution >= 0.6 is 0 Å². The number of hydrogen-bond acceptors (Lipinski definition) is 9. The van der Waals surface area contributed by atoms with Gasteiger partial charge in [-0.2, -0.15) is 4.98 Å². The number of aromatic amines is 1. The zero-order chi connectivity index (χ0) is 26.9. The first kappa shape index (κ1) is 26.3. The fourth-order valence-electron chi connectivity index (χ4n) is 6.52. The summed E-state index contributed by atoms with van der Waals surface area (Å²) in [4.78, 5) is 31.7. The predicted molar refractivity (Wildman–Crippen MR) is 150 cm³/mol. The highest BCUT2D eigenvalue weighted by molar-refractivity contribution is 5.87. The third-order valence-corrected chi connectivity index (χ3v) is 9.18. The number of anilines is 2. The summed E-state index contributed by atoms with van der Waals surface area (Å²) in [6.45, 7) is 9.89. The number of H-pyrrole nitrogens is 1. The van der Waals surface area contributed by atoms with Crippen LogP contribution in [-0.2, 0) is 11.3 Å². The summed E-state index contributed by atoms with van der Waals surface area (Å²) in [5, 5.41) is 7.60. The maximum Gasteiger partial charge on any atom is 0.439 e. The monoisotopic (exact) mass is 538 g/mol. The summed E-state index contributed by atoms with van der Waals surface area (Å²) in [5.74, 6) is 3.61. The van der Waals surface area contributed by atoms with Crippen LogP contribution in [0, 0.1) is 17.8 Å². The fraction of sp³-hybridized carbons (Fsp3) is 0.750. The third kappa shape index (κ3) is 5.42. The number of nitrogens with one attached hydrogen (secondary N) is 2. The van der Waals surface area contributed by atoms with E-state index in [1.165, 1.54) is 44.9 Å². The van der Waals surface area contributed by atoms with Crippen LogP contribution < -0.4 is 16.0 Å². The Labute approximate surface area is 229 Å². The van der Waals surface area contributed by atoms with Gasteiger partial charge in [0.05, 0.1) is 12.6 Å². The van der Waals surface area contributed by atoms with Gasteiger partial charge in [-0.05, 0) is 70.1 Å². The van der Waals surface area contributed by atoms with Crippen LogP contribution in [-0.4, -0.2) is 61.5 Å². The lowest BCUT2D eigenvalue weighted by atomic mass is 9.80. The molecule has 0 radical (unpaired) electrons. The van der Waals surface area contributed by atoms with Crippen LogP contribution in [0.1, 0.15) is 78.6 Å². The minimum absolute atomic E-state index is 0.217. The molecule has 0 spiro atoms. The Morgan fingerprint density at radius 1 is 1.10 bits per heavy atom. The summed E-state index contributed by atoms with van der Waals surface area (Å²) < 4.78 is 13.0. The zero-order valence-corrected chi connectivity index (χ0v) is 23.5. The Kier molecular flexibility index (Phi) is 7.59. The van der Waals surface area contributed by atoms with Crippen molar-refractivity contribution in [2.75, 3.05) is 30.0 Å². The van der Waals surface area contributed by atoms with Crippen molar-refractivity contribution in [3.8, 4) is 11.6 Å². The average molecular weight is 539 g/mol. The number of ether oxygens (including phenoxy) is 1. The maximum atomic E-state index is 11.7. The number of imidazole rings is 1. The molecular weight excluding hydrogens is 496 g/mol. The van der Waals surface area contributed by atoms with Crippen LogP contribution in [0.3, 0.4) is 0 Å². The lowest BCUT2D eigenvalue weighted by Gasteiger charge is -2.33. The Morgan fingerprint density at radius 3 is 2.62 bits per heavy atom. The van der Waals surface area contributed by atoms with Gasteiger partial charge < -0.3 is 19.5 Å². The molecule has 2 aliphatic carbocycles. The predicted octanol–water partition coefficient (Wildman–Crippen LogP) is 4.60. The van der Waals surface area contributed by atoms with E-state index in [0.717, 1.165) is 49.1 Å². The van der Waals surface area contributed by atoms with Gasteiger partial charge in [0.15, 0.2) is 11.5 Å². The molecule has 1 saturated heterocycles. The van der Waals surface area contributed by atoms with Crippen molar-refractivity contribution in [3.63, 3.8) is 0 Å². The minimum atomic E-state index is -0.625. The summed E-state index contributed by atoms with van der Waals surface area (Å²) in [7, 11) is 0. The van der Waals surface area contributed by atoms with E-state index in [1.807, 2.05) is 6.92 Å². The van der Waals surface area contributed by atoms with E-state index in [2.05, 4.69) is 38.8 Å². The summed E-state index contributed by atoms with van der Waals surface area (Å²) in [5.41, 5.74) is 1.56. The molecule has 11 nitrogen and oxygen atoms in total. The third-order valence-electron chi connectivity index (χ3n) is 9.18. The van der Waals surface area contributed by atoms with Crippen molar-refractivity contribution < 1.29 is 9.26 Å². The first-order valence-electron chi connectivity index (χ1n) is 15.0. The number of fused-ring (bicyclic) bond motifs is 1. The van der Waals surface area contributed by atoms with Gasteiger partial charge in [0.2, 0.25) is 17.6 Å². The van der Waals surface area contributed by atoms with Gasteiger partial charge in [-0.15, -0.1) is 0 Å². The molecule has 212 valence electrons. The molecule has 3 fully saturated rings. The summed E-state index contributed by atoms with van der Waals surface area (Å²) >= 11 is 0. The highest BCUT2D eigenvalue weighted by atomic mass is 16.5. The molecule has 3 aromatic rings. The second kappa shape index (κ2) is 11.3. The molecule has 2 saturated carbocycles. The molecule has 0 amide bonds.